The Labute approximate surface area is 102 Å². The zero-order chi connectivity index (χ0) is 11.7. The molecule has 86 valence electrons. The number of thiocarbonyl (C=S) groups is 1. The summed E-state index contributed by atoms with van der Waals surface area (Å²) in [5.41, 5.74) is 9.63. The molecule has 1 aliphatic rings. The second-order valence-electron chi connectivity index (χ2n) is 4.67. The van der Waals surface area contributed by atoms with Gasteiger partial charge >= 0.3 is 0 Å². The SMILES string of the molecule is CN(C)C1CCc2cccc(C(N)=S)c2C1. The number of rotatable bonds is 2. The second kappa shape index (κ2) is 4.52. The lowest BCUT2D eigenvalue weighted by Crippen LogP contribution is -2.34. The molecule has 0 aromatic heterocycles. The summed E-state index contributed by atoms with van der Waals surface area (Å²) in [5.74, 6) is 0. The summed E-state index contributed by atoms with van der Waals surface area (Å²) in [7, 11) is 4.28. The predicted molar refractivity (Wildman–Crippen MR) is 71.8 cm³/mol. The summed E-state index contributed by atoms with van der Waals surface area (Å²) in [5, 5.41) is 0. The molecule has 0 amide bonds. The standard InChI is InChI=1S/C13H18N2S/c1-15(2)10-7-6-9-4-3-5-11(13(14)16)12(9)8-10/h3-5,10H,6-8H2,1-2H3,(H2,14,16). The average Bonchev–Trinajstić information content (AvgIpc) is 2.27. The third-order valence-corrected chi connectivity index (χ3v) is 3.68. The number of nitrogens with two attached hydrogens (primary N) is 1. The average molecular weight is 234 g/mol. The lowest BCUT2D eigenvalue weighted by molar-refractivity contribution is 0.268. The van der Waals surface area contributed by atoms with Crippen LogP contribution >= 0.6 is 12.2 Å². The molecular formula is C13H18N2S. The molecule has 0 saturated heterocycles. The maximum Gasteiger partial charge on any atom is 0.104 e. The summed E-state index contributed by atoms with van der Waals surface area (Å²) in [6, 6.07) is 6.91. The Morgan fingerprint density at radius 2 is 2.19 bits per heavy atom. The maximum atomic E-state index is 5.78. The van der Waals surface area contributed by atoms with Crippen molar-refractivity contribution in [2.45, 2.75) is 25.3 Å². The van der Waals surface area contributed by atoms with Gasteiger partial charge in [0, 0.05) is 11.6 Å². The summed E-state index contributed by atoms with van der Waals surface area (Å²) in [4.78, 5) is 2.82. The molecule has 1 aromatic rings. The molecule has 1 aromatic carbocycles. The minimum Gasteiger partial charge on any atom is -0.389 e. The highest BCUT2D eigenvalue weighted by atomic mass is 32.1. The van der Waals surface area contributed by atoms with Gasteiger partial charge in [0.25, 0.3) is 0 Å². The predicted octanol–water partition coefficient (Wildman–Crippen LogP) is 1.74. The molecule has 0 aliphatic heterocycles. The Morgan fingerprint density at radius 1 is 1.44 bits per heavy atom. The van der Waals surface area contributed by atoms with Crippen LogP contribution in [0.1, 0.15) is 23.1 Å². The minimum absolute atomic E-state index is 0.524. The van der Waals surface area contributed by atoms with Crippen molar-refractivity contribution in [1.82, 2.24) is 4.90 Å². The van der Waals surface area contributed by atoms with Gasteiger partial charge in [-0.25, -0.2) is 0 Å². The minimum atomic E-state index is 0.524. The first-order valence-corrected chi connectivity index (χ1v) is 6.07. The molecule has 0 radical (unpaired) electrons. The van der Waals surface area contributed by atoms with Crippen molar-refractivity contribution >= 4 is 17.2 Å². The number of hydrogen-bond donors (Lipinski definition) is 1. The van der Waals surface area contributed by atoms with Gasteiger partial charge in [-0.05, 0) is 44.5 Å². The van der Waals surface area contributed by atoms with Crippen LogP contribution in [0.3, 0.4) is 0 Å². The first-order chi connectivity index (χ1) is 7.59. The smallest absolute Gasteiger partial charge is 0.104 e. The quantitative estimate of drug-likeness (QED) is 0.790. The van der Waals surface area contributed by atoms with Crippen LogP contribution in [-0.4, -0.2) is 30.0 Å². The Bertz CT molecular complexity index is 412. The first kappa shape index (κ1) is 11.6. The van der Waals surface area contributed by atoms with Gasteiger partial charge in [0.15, 0.2) is 0 Å². The lowest BCUT2D eigenvalue weighted by atomic mass is 9.85. The molecule has 0 bridgehead atoms. The van der Waals surface area contributed by atoms with Crippen molar-refractivity contribution in [3.63, 3.8) is 0 Å². The number of aryl methyl sites for hydroxylation is 1. The van der Waals surface area contributed by atoms with E-state index < -0.39 is 0 Å². The Balaban J connectivity index is 2.38. The molecule has 0 saturated carbocycles. The van der Waals surface area contributed by atoms with E-state index in [1.165, 1.54) is 17.5 Å². The van der Waals surface area contributed by atoms with E-state index in [9.17, 15) is 0 Å². The van der Waals surface area contributed by atoms with E-state index in [-0.39, 0.29) is 0 Å². The van der Waals surface area contributed by atoms with Crippen molar-refractivity contribution in [3.8, 4) is 0 Å². The van der Waals surface area contributed by atoms with Gasteiger partial charge in [-0.15, -0.1) is 0 Å². The van der Waals surface area contributed by atoms with Crippen LogP contribution in [-0.2, 0) is 12.8 Å². The second-order valence-corrected chi connectivity index (χ2v) is 5.11. The highest BCUT2D eigenvalue weighted by molar-refractivity contribution is 7.80. The van der Waals surface area contributed by atoms with Gasteiger partial charge in [0.1, 0.15) is 4.99 Å². The van der Waals surface area contributed by atoms with Crippen LogP contribution < -0.4 is 5.73 Å². The first-order valence-electron chi connectivity index (χ1n) is 5.66. The molecular weight excluding hydrogens is 216 g/mol. The number of likely N-dealkylation sites (N-methyl/N-ethyl adjacent to an activating group) is 1. The summed E-state index contributed by atoms with van der Waals surface area (Å²) in [6.07, 6.45) is 3.42. The fourth-order valence-corrected chi connectivity index (χ4v) is 2.63. The fourth-order valence-electron chi connectivity index (χ4n) is 2.44. The van der Waals surface area contributed by atoms with Crippen molar-refractivity contribution in [1.29, 1.82) is 0 Å². The number of nitrogens with zero attached hydrogens (tertiary/aromatic N) is 1. The molecule has 1 aliphatic carbocycles. The largest absolute Gasteiger partial charge is 0.389 e. The molecule has 0 spiro atoms. The molecule has 2 rings (SSSR count). The summed E-state index contributed by atoms with van der Waals surface area (Å²) >= 11 is 5.12. The topological polar surface area (TPSA) is 29.3 Å². The van der Waals surface area contributed by atoms with Gasteiger partial charge in [-0.2, -0.15) is 0 Å². The van der Waals surface area contributed by atoms with Gasteiger partial charge in [-0.1, -0.05) is 30.4 Å². The summed E-state index contributed by atoms with van der Waals surface area (Å²) < 4.78 is 0. The van der Waals surface area contributed by atoms with Crippen LogP contribution in [0.2, 0.25) is 0 Å². The van der Waals surface area contributed by atoms with E-state index in [4.69, 9.17) is 18.0 Å². The van der Waals surface area contributed by atoms with E-state index in [1.54, 1.807) is 0 Å². The molecule has 0 heterocycles. The van der Waals surface area contributed by atoms with Crippen LogP contribution in [0.4, 0.5) is 0 Å². The van der Waals surface area contributed by atoms with Crippen LogP contribution in [0.15, 0.2) is 18.2 Å². The zero-order valence-corrected chi connectivity index (χ0v) is 10.7. The van der Waals surface area contributed by atoms with E-state index in [0.29, 0.717) is 11.0 Å². The van der Waals surface area contributed by atoms with Gasteiger partial charge in [0.05, 0.1) is 0 Å². The third kappa shape index (κ3) is 2.11. The molecule has 1 atom stereocenters. The Kier molecular flexibility index (Phi) is 3.26. The molecule has 0 fully saturated rings. The number of benzene rings is 1. The van der Waals surface area contributed by atoms with Crippen molar-refractivity contribution in [2.75, 3.05) is 14.1 Å². The third-order valence-electron chi connectivity index (χ3n) is 3.46. The summed E-state index contributed by atoms with van der Waals surface area (Å²) in [6.45, 7) is 0. The van der Waals surface area contributed by atoms with E-state index in [1.807, 2.05) is 6.07 Å². The molecule has 1 unspecified atom stereocenters. The van der Waals surface area contributed by atoms with Crippen molar-refractivity contribution in [3.05, 3.63) is 34.9 Å². The number of fused-ring (bicyclic) bond motifs is 1. The maximum absolute atomic E-state index is 5.78. The highest BCUT2D eigenvalue weighted by Gasteiger charge is 2.22. The van der Waals surface area contributed by atoms with Gasteiger partial charge in [-0.3, -0.25) is 0 Å². The van der Waals surface area contributed by atoms with Crippen LogP contribution in [0, 0.1) is 0 Å². The normalized spacial score (nSPS) is 19.6. The molecule has 3 heteroatoms. The van der Waals surface area contributed by atoms with Crippen LogP contribution in [0.5, 0.6) is 0 Å². The Morgan fingerprint density at radius 3 is 2.81 bits per heavy atom. The fraction of sp³-hybridized carbons (Fsp3) is 0.462. The van der Waals surface area contributed by atoms with Gasteiger partial charge in [0.2, 0.25) is 0 Å². The molecule has 16 heavy (non-hydrogen) atoms. The van der Waals surface area contributed by atoms with E-state index >= 15 is 0 Å². The van der Waals surface area contributed by atoms with E-state index in [2.05, 4.69) is 31.1 Å². The van der Waals surface area contributed by atoms with Crippen LogP contribution in [0.25, 0.3) is 0 Å². The van der Waals surface area contributed by atoms with Crippen molar-refractivity contribution in [2.24, 2.45) is 5.73 Å². The number of hydrogen-bond acceptors (Lipinski definition) is 2. The zero-order valence-electron chi connectivity index (χ0n) is 9.86. The van der Waals surface area contributed by atoms with E-state index in [0.717, 1.165) is 18.4 Å². The van der Waals surface area contributed by atoms with Crippen molar-refractivity contribution < 1.29 is 0 Å². The monoisotopic (exact) mass is 234 g/mol. The highest BCUT2D eigenvalue weighted by Crippen LogP contribution is 2.26. The molecule has 2 nitrogen and oxygen atoms in total. The Hall–Kier alpha value is -0.930. The lowest BCUT2D eigenvalue weighted by Gasteiger charge is -2.31. The van der Waals surface area contributed by atoms with Gasteiger partial charge < -0.3 is 10.6 Å². The molecule has 2 N–H and O–H groups in total.